The first-order valence-corrected chi connectivity index (χ1v) is 11.6. The number of hydrogen-bond acceptors (Lipinski definition) is 3. The highest BCUT2D eigenvalue weighted by Crippen LogP contribution is 2.33. The summed E-state index contributed by atoms with van der Waals surface area (Å²) in [5, 5.41) is 0. The monoisotopic (exact) mass is 392 g/mol. The average Bonchev–Trinajstić information content (AvgIpc) is 3.47. The second kappa shape index (κ2) is 7.92. The average molecular weight is 393 g/mol. The SMILES string of the molecule is Cc1ccc(S(=O)(=O)N2CCCCC2)cc1C(=O)N(C1CC1)C(C)C(C)C. The quantitative estimate of drug-likeness (QED) is 0.739. The lowest BCUT2D eigenvalue weighted by Crippen LogP contribution is -2.43. The molecule has 1 unspecified atom stereocenters. The van der Waals surface area contributed by atoms with E-state index in [-0.39, 0.29) is 22.9 Å². The summed E-state index contributed by atoms with van der Waals surface area (Å²) in [6, 6.07) is 5.44. The second-order valence-corrected chi connectivity index (χ2v) is 10.3. The lowest BCUT2D eigenvalue weighted by atomic mass is 10.0. The molecule has 1 aromatic rings. The van der Waals surface area contributed by atoms with Gasteiger partial charge in [0, 0.05) is 30.7 Å². The van der Waals surface area contributed by atoms with Gasteiger partial charge in [-0.1, -0.05) is 26.3 Å². The Labute approximate surface area is 163 Å². The minimum Gasteiger partial charge on any atom is -0.333 e. The number of hydrogen-bond donors (Lipinski definition) is 0. The van der Waals surface area contributed by atoms with Crippen molar-refractivity contribution in [2.45, 2.75) is 76.8 Å². The molecule has 27 heavy (non-hydrogen) atoms. The Balaban J connectivity index is 1.94. The normalized spacial score (nSPS) is 19.9. The van der Waals surface area contributed by atoms with Gasteiger partial charge in [-0.15, -0.1) is 0 Å². The molecule has 1 heterocycles. The van der Waals surface area contributed by atoms with Crippen molar-refractivity contribution in [1.29, 1.82) is 0 Å². The molecular formula is C21H32N2O3S. The molecule has 2 fully saturated rings. The molecule has 5 nitrogen and oxygen atoms in total. The number of carbonyl (C=O) groups is 1. The number of rotatable bonds is 6. The van der Waals surface area contributed by atoms with E-state index in [1.54, 1.807) is 22.5 Å². The summed E-state index contributed by atoms with van der Waals surface area (Å²) < 4.78 is 27.6. The minimum atomic E-state index is -3.54. The number of nitrogens with zero attached hydrogens (tertiary/aromatic N) is 2. The second-order valence-electron chi connectivity index (χ2n) is 8.37. The molecule has 0 N–H and O–H groups in total. The van der Waals surface area contributed by atoms with E-state index in [0.717, 1.165) is 37.7 Å². The number of carbonyl (C=O) groups excluding carboxylic acids is 1. The summed E-state index contributed by atoms with van der Waals surface area (Å²) >= 11 is 0. The van der Waals surface area contributed by atoms with Gasteiger partial charge < -0.3 is 4.90 Å². The van der Waals surface area contributed by atoms with Crippen molar-refractivity contribution < 1.29 is 13.2 Å². The van der Waals surface area contributed by atoms with Gasteiger partial charge in [-0.05, 0) is 63.1 Å². The van der Waals surface area contributed by atoms with Crippen LogP contribution in [0.25, 0.3) is 0 Å². The van der Waals surface area contributed by atoms with Crippen LogP contribution in [0.2, 0.25) is 0 Å². The summed E-state index contributed by atoms with van der Waals surface area (Å²) in [4.78, 5) is 15.6. The van der Waals surface area contributed by atoms with Gasteiger partial charge in [0.15, 0.2) is 0 Å². The Morgan fingerprint density at radius 3 is 2.30 bits per heavy atom. The van der Waals surface area contributed by atoms with E-state index in [1.807, 2.05) is 11.8 Å². The van der Waals surface area contributed by atoms with Gasteiger partial charge in [-0.2, -0.15) is 4.31 Å². The number of piperidine rings is 1. The molecular weight excluding hydrogens is 360 g/mol. The summed E-state index contributed by atoms with van der Waals surface area (Å²) in [7, 11) is -3.54. The maximum absolute atomic E-state index is 13.4. The molecule has 0 radical (unpaired) electrons. The summed E-state index contributed by atoms with van der Waals surface area (Å²) in [6.45, 7) is 9.35. The van der Waals surface area contributed by atoms with Gasteiger partial charge in [0.25, 0.3) is 5.91 Å². The fourth-order valence-electron chi connectivity index (χ4n) is 3.74. The molecule has 1 aliphatic heterocycles. The zero-order chi connectivity index (χ0) is 19.8. The summed E-state index contributed by atoms with van der Waals surface area (Å²) in [5.41, 5.74) is 1.35. The number of aryl methyl sites for hydroxylation is 1. The maximum Gasteiger partial charge on any atom is 0.254 e. The van der Waals surface area contributed by atoms with Gasteiger partial charge in [0.2, 0.25) is 10.0 Å². The standard InChI is InChI=1S/C21H32N2O3S/c1-15(2)17(4)23(18-9-10-18)21(24)20-14-19(11-8-16(20)3)27(25,26)22-12-6-5-7-13-22/h8,11,14-15,17-18H,5-7,9-10,12-13H2,1-4H3. The van der Waals surface area contributed by atoms with Gasteiger partial charge in [-0.3, -0.25) is 4.79 Å². The molecule has 0 bridgehead atoms. The third-order valence-corrected chi connectivity index (χ3v) is 7.87. The highest BCUT2D eigenvalue weighted by Gasteiger charge is 2.38. The first-order chi connectivity index (χ1) is 12.7. The molecule has 1 atom stereocenters. The first-order valence-electron chi connectivity index (χ1n) is 10.2. The third-order valence-electron chi connectivity index (χ3n) is 5.97. The van der Waals surface area contributed by atoms with E-state index in [2.05, 4.69) is 20.8 Å². The van der Waals surface area contributed by atoms with Gasteiger partial charge >= 0.3 is 0 Å². The lowest BCUT2D eigenvalue weighted by molar-refractivity contribution is 0.0627. The Hall–Kier alpha value is -1.40. The lowest BCUT2D eigenvalue weighted by Gasteiger charge is -2.33. The van der Waals surface area contributed by atoms with Crippen LogP contribution in [0, 0.1) is 12.8 Å². The highest BCUT2D eigenvalue weighted by atomic mass is 32.2. The third kappa shape index (κ3) is 4.21. The van der Waals surface area contributed by atoms with Crippen LogP contribution < -0.4 is 0 Å². The highest BCUT2D eigenvalue weighted by molar-refractivity contribution is 7.89. The van der Waals surface area contributed by atoms with Crippen molar-refractivity contribution in [2.24, 2.45) is 5.92 Å². The van der Waals surface area contributed by atoms with Crippen LogP contribution in [0.5, 0.6) is 0 Å². The minimum absolute atomic E-state index is 0.0353. The zero-order valence-corrected chi connectivity index (χ0v) is 17.8. The molecule has 150 valence electrons. The van der Waals surface area contributed by atoms with Crippen molar-refractivity contribution >= 4 is 15.9 Å². The number of benzene rings is 1. The smallest absolute Gasteiger partial charge is 0.254 e. The van der Waals surface area contributed by atoms with E-state index in [4.69, 9.17) is 0 Å². The van der Waals surface area contributed by atoms with E-state index in [0.29, 0.717) is 24.6 Å². The van der Waals surface area contributed by atoms with Crippen LogP contribution in [0.15, 0.2) is 23.1 Å². The van der Waals surface area contributed by atoms with Crippen molar-refractivity contribution in [2.75, 3.05) is 13.1 Å². The van der Waals surface area contributed by atoms with Crippen molar-refractivity contribution in [3.05, 3.63) is 29.3 Å². The van der Waals surface area contributed by atoms with Crippen LogP contribution in [0.3, 0.4) is 0 Å². The number of sulfonamides is 1. The van der Waals surface area contributed by atoms with E-state index in [1.165, 1.54) is 0 Å². The van der Waals surface area contributed by atoms with E-state index in [9.17, 15) is 13.2 Å². The fraction of sp³-hybridized carbons (Fsp3) is 0.667. The van der Waals surface area contributed by atoms with Gasteiger partial charge in [-0.25, -0.2) is 8.42 Å². The number of amides is 1. The van der Waals surface area contributed by atoms with Crippen LogP contribution in [-0.2, 0) is 10.0 Å². The molecule has 0 spiro atoms. The van der Waals surface area contributed by atoms with Gasteiger partial charge in [0.05, 0.1) is 4.90 Å². The van der Waals surface area contributed by atoms with E-state index < -0.39 is 10.0 Å². The maximum atomic E-state index is 13.4. The predicted molar refractivity (Wildman–Crippen MR) is 107 cm³/mol. The van der Waals surface area contributed by atoms with Crippen molar-refractivity contribution in [3.63, 3.8) is 0 Å². The van der Waals surface area contributed by atoms with Crippen LogP contribution in [0.4, 0.5) is 0 Å². The fourth-order valence-corrected chi connectivity index (χ4v) is 5.29. The molecule has 0 aromatic heterocycles. The molecule has 1 aliphatic carbocycles. The summed E-state index contributed by atoms with van der Waals surface area (Å²) in [6.07, 6.45) is 4.95. The van der Waals surface area contributed by atoms with Crippen LogP contribution in [0.1, 0.15) is 68.8 Å². The summed E-state index contributed by atoms with van der Waals surface area (Å²) in [5.74, 6) is 0.321. The molecule has 1 saturated carbocycles. The topological polar surface area (TPSA) is 57.7 Å². The Morgan fingerprint density at radius 2 is 1.74 bits per heavy atom. The molecule has 2 aliphatic rings. The zero-order valence-electron chi connectivity index (χ0n) is 16.9. The van der Waals surface area contributed by atoms with Crippen molar-refractivity contribution in [3.8, 4) is 0 Å². The molecule has 3 rings (SSSR count). The van der Waals surface area contributed by atoms with E-state index >= 15 is 0 Å². The van der Waals surface area contributed by atoms with Crippen LogP contribution >= 0.6 is 0 Å². The van der Waals surface area contributed by atoms with Crippen LogP contribution in [-0.4, -0.2) is 48.7 Å². The van der Waals surface area contributed by atoms with Gasteiger partial charge in [0.1, 0.15) is 0 Å². The molecule has 1 aromatic carbocycles. The largest absolute Gasteiger partial charge is 0.333 e. The molecule has 1 saturated heterocycles. The predicted octanol–water partition coefficient (Wildman–Crippen LogP) is 3.82. The Morgan fingerprint density at radius 1 is 1.11 bits per heavy atom. The Kier molecular flexibility index (Phi) is 5.96. The van der Waals surface area contributed by atoms with Crippen molar-refractivity contribution in [1.82, 2.24) is 9.21 Å². The first kappa shape index (κ1) is 20.3. The molecule has 1 amide bonds. The molecule has 6 heteroatoms. The Bertz CT molecular complexity index is 794.